The van der Waals surface area contributed by atoms with Crippen molar-refractivity contribution in [2.24, 2.45) is 0 Å². The van der Waals surface area contributed by atoms with Crippen molar-refractivity contribution in [3.63, 3.8) is 0 Å². The van der Waals surface area contributed by atoms with Crippen LogP contribution >= 0.6 is 0 Å². The van der Waals surface area contributed by atoms with E-state index in [4.69, 9.17) is 18.9 Å². The maximum atomic E-state index is 12.1. The summed E-state index contributed by atoms with van der Waals surface area (Å²) in [6.45, 7) is 2.56. The van der Waals surface area contributed by atoms with Crippen molar-refractivity contribution < 1.29 is 28.8 Å². The number of hydrogen-bond donors (Lipinski definition) is 1. The first-order chi connectivity index (χ1) is 15.1. The quantitative estimate of drug-likeness (QED) is 0.608. The van der Waals surface area contributed by atoms with Gasteiger partial charge in [-0.3, -0.25) is 0 Å². The SMILES string of the molecule is O=C(O)c1ccc(OCC2CO2)cc1C1(c2ccc(OCC3CO3)cc2)CCCCC1. The molecule has 0 spiro atoms. The molecule has 2 heterocycles. The summed E-state index contributed by atoms with van der Waals surface area (Å²) in [6.07, 6.45) is 5.50. The molecule has 164 valence electrons. The number of carboxylic acids is 1. The van der Waals surface area contributed by atoms with Crippen LogP contribution in [0.3, 0.4) is 0 Å². The number of epoxide rings is 2. The van der Waals surface area contributed by atoms with Gasteiger partial charge < -0.3 is 24.1 Å². The fourth-order valence-electron chi connectivity index (χ4n) is 4.64. The van der Waals surface area contributed by atoms with Gasteiger partial charge in [-0.15, -0.1) is 0 Å². The molecule has 6 heteroatoms. The minimum Gasteiger partial charge on any atom is -0.491 e. The number of rotatable bonds is 9. The predicted molar refractivity (Wildman–Crippen MR) is 114 cm³/mol. The van der Waals surface area contributed by atoms with E-state index in [0.717, 1.165) is 55.8 Å². The molecule has 2 aliphatic heterocycles. The largest absolute Gasteiger partial charge is 0.491 e. The number of ether oxygens (including phenoxy) is 4. The zero-order valence-corrected chi connectivity index (χ0v) is 17.5. The second-order valence-electron chi connectivity index (χ2n) is 8.71. The van der Waals surface area contributed by atoms with Gasteiger partial charge in [-0.1, -0.05) is 31.4 Å². The first kappa shape index (κ1) is 20.3. The molecule has 2 aromatic carbocycles. The first-order valence-corrected chi connectivity index (χ1v) is 11.1. The average Bonchev–Trinajstić information content (AvgIpc) is 3.72. The van der Waals surface area contributed by atoms with Gasteiger partial charge in [0.25, 0.3) is 0 Å². The maximum absolute atomic E-state index is 12.1. The molecule has 2 unspecified atom stereocenters. The van der Waals surface area contributed by atoms with Gasteiger partial charge in [0.15, 0.2) is 0 Å². The van der Waals surface area contributed by atoms with Crippen LogP contribution in [0.2, 0.25) is 0 Å². The smallest absolute Gasteiger partial charge is 0.336 e. The van der Waals surface area contributed by atoms with Crippen molar-refractivity contribution >= 4 is 5.97 Å². The number of aromatic carboxylic acids is 1. The van der Waals surface area contributed by atoms with Gasteiger partial charge in [0.1, 0.15) is 36.9 Å². The molecule has 31 heavy (non-hydrogen) atoms. The van der Waals surface area contributed by atoms with E-state index in [-0.39, 0.29) is 17.6 Å². The highest BCUT2D eigenvalue weighted by Gasteiger charge is 2.39. The van der Waals surface area contributed by atoms with Crippen molar-refractivity contribution in [2.75, 3.05) is 26.4 Å². The van der Waals surface area contributed by atoms with Crippen LogP contribution in [-0.4, -0.2) is 49.7 Å². The second-order valence-corrected chi connectivity index (χ2v) is 8.71. The minimum absolute atomic E-state index is 0.153. The Kier molecular flexibility index (Phi) is 5.59. The van der Waals surface area contributed by atoms with Gasteiger partial charge in [-0.05, 0) is 54.3 Å². The molecule has 1 saturated carbocycles. The zero-order chi connectivity index (χ0) is 21.3. The highest BCUT2D eigenvalue weighted by molar-refractivity contribution is 5.90. The topological polar surface area (TPSA) is 80.8 Å². The van der Waals surface area contributed by atoms with E-state index in [1.54, 1.807) is 12.1 Å². The standard InChI is InChI=1S/C25H28O6/c26-24(27)22-9-8-19(29-14-21-16-31-21)12-23(22)25(10-2-1-3-11-25)17-4-6-18(7-5-17)28-13-20-15-30-20/h4-9,12,20-21H,1-3,10-11,13-16H2,(H,26,27). The molecule has 3 fully saturated rings. The lowest BCUT2D eigenvalue weighted by Crippen LogP contribution is -2.32. The van der Waals surface area contributed by atoms with Crippen LogP contribution in [0.4, 0.5) is 0 Å². The summed E-state index contributed by atoms with van der Waals surface area (Å²) in [4.78, 5) is 12.1. The fraction of sp³-hybridized carbons (Fsp3) is 0.480. The lowest BCUT2D eigenvalue weighted by Gasteiger charge is -2.39. The van der Waals surface area contributed by atoms with Crippen LogP contribution in [0.5, 0.6) is 11.5 Å². The third kappa shape index (κ3) is 4.55. The average molecular weight is 424 g/mol. The lowest BCUT2D eigenvalue weighted by atomic mass is 9.64. The summed E-state index contributed by atoms with van der Waals surface area (Å²) >= 11 is 0. The van der Waals surface area contributed by atoms with E-state index in [0.29, 0.717) is 24.5 Å². The Morgan fingerprint density at radius 3 is 2.06 bits per heavy atom. The van der Waals surface area contributed by atoms with Crippen LogP contribution in [0.25, 0.3) is 0 Å². The molecule has 1 N–H and O–H groups in total. The van der Waals surface area contributed by atoms with E-state index >= 15 is 0 Å². The third-order valence-electron chi connectivity index (χ3n) is 6.53. The van der Waals surface area contributed by atoms with Gasteiger partial charge in [0.2, 0.25) is 0 Å². The summed E-state index contributed by atoms with van der Waals surface area (Å²) < 4.78 is 22.2. The summed E-state index contributed by atoms with van der Waals surface area (Å²) in [5, 5.41) is 9.96. The number of carbonyl (C=O) groups is 1. The van der Waals surface area contributed by atoms with Gasteiger partial charge in [0.05, 0.1) is 18.8 Å². The Morgan fingerprint density at radius 1 is 0.903 bits per heavy atom. The molecule has 0 bridgehead atoms. The van der Waals surface area contributed by atoms with Gasteiger partial charge in [-0.2, -0.15) is 0 Å². The Bertz CT molecular complexity index is 924. The van der Waals surface area contributed by atoms with Gasteiger partial charge >= 0.3 is 5.97 Å². The number of hydrogen-bond acceptors (Lipinski definition) is 5. The summed E-state index contributed by atoms with van der Waals surface area (Å²) in [6, 6.07) is 13.5. The molecule has 6 nitrogen and oxygen atoms in total. The Balaban J connectivity index is 1.49. The molecule has 2 aromatic rings. The highest BCUT2D eigenvalue weighted by Crippen LogP contribution is 2.47. The van der Waals surface area contributed by atoms with Crippen LogP contribution < -0.4 is 9.47 Å². The van der Waals surface area contributed by atoms with Crippen molar-refractivity contribution in [1.29, 1.82) is 0 Å². The maximum Gasteiger partial charge on any atom is 0.336 e. The van der Waals surface area contributed by atoms with Gasteiger partial charge in [0, 0.05) is 5.41 Å². The first-order valence-electron chi connectivity index (χ1n) is 11.1. The predicted octanol–water partition coefficient (Wildman–Crippen LogP) is 4.19. The highest BCUT2D eigenvalue weighted by atomic mass is 16.6. The zero-order valence-electron chi connectivity index (χ0n) is 17.5. The fourth-order valence-corrected chi connectivity index (χ4v) is 4.64. The summed E-state index contributed by atoms with van der Waals surface area (Å²) in [5.74, 6) is 0.608. The van der Waals surface area contributed by atoms with Crippen molar-refractivity contribution in [3.05, 3.63) is 59.2 Å². The van der Waals surface area contributed by atoms with Crippen LogP contribution in [-0.2, 0) is 14.9 Å². The van der Waals surface area contributed by atoms with Crippen molar-refractivity contribution in [2.45, 2.75) is 49.7 Å². The monoisotopic (exact) mass is 424 g/mol. The molecular formula is C25H28O6. The molecule has 5 rings (SSSR count). The molecule has 2 saturated heterocycles. The van der Waals surface area contributed by atoms with Crippen LogP contribution in [0, 0.1) is 0 Å². The number of carboxylic acid groups (broad SMARTS) is 1. The molecule has 3 aliphatic rings. The normalized spacial score (nSPS) is 23.7. The van der Waals surface area contributed by atoms with Crippen molar-refractivity contribution in [3.8, 4) is 11.5 Å². The minimum atomic E-state index is -0.901. The Labute approximate surface area is 182 Å². The summed E-state index contributed by atoms with van der Waals surface area (Å²) in [7, 11) is 0. The van der Waals surface area contributed by atoms with Crippen molar-refractivity contribution in [1.82, 2.24) is 0 Å². The van der Waals surface area contributed by atoms with E-state index in [1.165, 1.54) is 6.42 Å². The summed E-state index contributed by atoms with van der Waals surface area (Å²) in [5.41, 5.74) is 1.98. The lowest BCUT2D eigenvalue weighted by molar-refractivity contribution is 0.0693. The van der Waals surface area contributed by atoms with Crippen LogP contribution in [0.1, 0.15) is 53.6 Å². The Hall–Kier alpha value is -2.57. The molecule has 0 amide bonds. The number of benzene rings is 2. The van der Waals surface area contributed by atoms with Gasteiger partial charge in [-0.25, -0.2) is 4.79 Å². The Morgan fingerprint density at radius 2 is 1.48 bits per heavy atom. The molecule has 1 aliphatic carbocycles. The molecule has 0 radical (unpaired) electrons. The molecule has 0 aromatic heterocycles. The molecular weight excluding hydrogens is 396 g/mol. The second kappa shape index (κ2) is 8.52. The molecule has 2 atom stereocenters. The van der Waals surface area contributed by atoms with E-state index in [2.05, 4.69) is 12.1 Å². The van der Waals surface area contributed by atoms with E-state index < -0.39 is 5.97 Å². The van der Waals surface area contributed by atoms with E-state index in [1.807, 2.05) is 18.2 Å². The van der Waals surface area contributed by atoms with Crippen LogP contribution in [0.15, 0.2) is 42.5 Å². The van der Waals surface area contributed by atoms with E-state index in [9.17, 15) is 9.90 Å². The third-order valence-corrected chi connectivity index (χ3v) is 6.53.